The van der Waals surface area contributed by atoms with Crippen LogP contribution in [0.2, 0.25) is 0 Å². The van der Waals surface area contributed by atoms with Crippen LogP contribution in [0.25, 0.3) is 0 Å². The number of hydrogen-bond acceptors (Lipinski definition) is 1. The molecule has 0 spiro atoms. The van der Waals surface area contributed by atoms with E-state index in [0.29, 0.717) is 0 Å². The number of carbonyl (C=O) groups is 1. The maximum atomic E-state index is 10.3. The van der Waals surface area contributed by atoms with Crippen LogP contribution in [0.5, 0.6) is 0 Å². The summed E-state index contributed by atoms with van der Waals surface area (Å²) in [5.74, 6) is -0.213. The van der Waals surface area contributed by atoms with Crippen molar-refractivity contribution >= 4 is 29.0 Å². The summed E-state index contributed by atoms with van der Waals surface area (Å²) in [6.07, 6.45) is 2.42. The summed E-state index contributed by atoms with van der Waals surface area (Å²) in [4.78, 5) is 10.3. The zero-order valence-corrected chi connectivity index (χ0v) is 5.49. The molecule has 0 fully saturated rings. The summed E-state index contributed by atoms with van der Waals surface area (Å²) < 4.78 is 0. The van der Waals surface area contributed by atoms with E-state index in [1.807, 2.05) is 0 Å². The van der Waals surface area contributed by atoms with E-state index in [1.165, 1.54) is 12.2 Å². The van der Waals surface area contributed by atoms with E-state index < -0.39 is 0 Å². The zero-order valence-electron chi connectivity index (χ0n) is 3.97. The quantitative estimate of drug-likeness (QED) is 0.552. The molecule has 0 unspecified atom stereocenters. The van der Waals surface area contributed by atoms with Gasteiger partial charge in [-0.2, -0.15) is 0 Å². The van der Waals surface area contributed by atoms with Crippen molar-refractivity contribution in [1.29, 1.82) is 0 Å². The molecule has 0 aromatic heterocycles. The first-order valence-electron chi connectivity index (χ1n) is 1.88. The highest BCUT2D eigenvalue weighted by Gasteiger charge is 1.82. The monoisotopic (exact) mass is 150 g/mol. The number of carbonyl (C=O) groups excluding carboxylic acids is 1. The van der Waals surface area contributed by atoms with Gasteiger partial charge in [0.25, 0.3) is 0 Å². The SMILES string of the molecule is O=C(/C=C\Cl)/C=C\Cl. The molecule has 0 aliphatic carbocycles. The summed E-state index contributed by atoms with van der Waals surface area (Å²) in [6.45, 7) is 0. The van der Waals surface area contributed by atoms with Gasteiger partial charge in [-0.15, -0.1) is 0 Å². The average Bonchev–Trinajstić information content (AvgIpc) is 1.68. The second-order valence-electron chi connectivity index (χ2n) is 0.988. The average molecular weight is 151 g/mol. The molecule has 0 aromatic carbocycles. The van der Waals surface area contributed by atoms with E-state index in [1.54, 1.807) is 0 Å². The number of ketones is 1. The molecule has 0 aliphatic heterocycles. The van der Waals surface area contributed by atoms with Gasteiger partial charge in [0, 0.05) is 11.1 Å². The van der Waals surface area contributed by atoms with E-state index in [4.69, 9.17) is 23.2 Å². The predicted molar refractivity (Wildman–Crippen MR) is 35.0 cm³/mol. The standard InChI is InChI=1S/C5H4Cl2O/c6-3-1-5(8)2-4-7/h1-4H/b3-1-,4-2-. The Bertz CT molecular complexity index is 112. The molecule has 3 heteroatoms. The summed E-state index contributed by atoms with van der Waals surface area (Å²) >= 11 is 10.1. The minimum Gasteiger partial charge on any atom is -0.290 e. The molecule has 0 radical (unpaired) electrons. The summed E-state index contributed by atoms with van der Waals surface area (Å²) in [5, 5.41) is 0. The van der Waals surface area contributed by atoms with Crippen molar-refractivity contribution in [3.05, 3.63) is 23.2 Å². The van der Waals surface area contributed by atoms with Gasteiger partial charge in [-0.1, -0.05) is 23.2 Å². The lowest BCUT2D eigenvalue weighted by Crippen LogP contribution is -1.80. The van der Waals surface area contributed by atoms with E-state index >= 15 is 0 Å². The molecule has 0 amide bonds. The summed E-state index contributed by atoms with van der Waals surface area (Å²) in [7, 11) is 0. The Morgan fingerprint density at radius 1 is 1.12 bits per heavy atom. The van der Waals surface area contributed by atoms with Gasteiger partial charge in [0.05, 0.1) is 0 Å². The number of halogens is 2. The van der Waals surface area contributed by atoms with Crippen molar-refractivity contribution in [2.75, 3.05) is 0 Å². The Morgan fingerprint density at radius 2 is 1.50 bits per heavy atom. The normalized spacial score (nSPS) is 11.2. The number of allylic oxidation sites excluding steroid dienone is 2. The van der Waals surface area contributed by atoms with Gasteiger partial charge in [0.2, 0.25) is 0 Å². The number of rotatable bonds is 2. The van der Waals surface area contributed by atoms with Crippen LogP contribution in [0.1, 0.15) is 0 Å². The molecule has 0 heterocycles. The molecule has 44 valence electrons. The van der Waals surface area contributed by atoms with Crippen LogP contribution in [0.3, 0.4) is 0 Å². The van der Waals surface area contributed by atoms with Gasteiger partial charge in [0.1, 0.15) is 0 Å². The molecule has 0 aromatic rings. The minimum absolute atomic E-state index is 0.213. The molecule has 0 N–H and O–H groups in total. The smallest absolute Gasteiger partial charge is 0.180 e. The maximum Gasteiger partial charge on any atom is 0.180 e. The fraction of sp³-hybridized carbons (Fsp3) is 0. The van der Waals surface area contributed by atoms with Crippen LogP contribution >= 0.6 is 23.2 Å². The van der Waals surface area contributed by atoms with E-state index in [9.17, 15) is 4.79 Å². The molecule has 8 heavy (non-hydrogen) atoms. The van der Waals surface area contributed by atoms with Gasteiger partial charge in [-0.25, -0.2) is 0 Å². The predicted octanol–water partition coefficient (Wildman–Crippen LogP) is 2.06. The highest BCUT2D eigenvalue weighted by molar-refractivity contribution is 6.29. The second-order valence-corrected chi connectivity index (χ2v) is 1.49. The molecule has 0 rings (SSSR count). The van der Waals surface area contributed by atoms with Crippen molar-refractivity contribution in [2.45, 2.75) is 0 Å². The van der Waals surface area contributed by atoms with Crippen molar-refractivity contribution in [2.24, 2.45) is 0 Å². The molecule has 0 saturated heterocycles. The van der Waals surface area contributed by atoms with E-state index in [0.717, 1.165) is 11.1 Å². The lowest BCUT2D eigenvalue weighted by molar-refractivity contribution is -0.110. The lowest BCUT2D eigenvalue weighted by Gasteiger charge is -1.73. The van der Waals surface area contributed by atoms with Crippen LogP contribution in [-0.4, -0.2) is 5.78 Å². The van der Waals surface area contributed by atoms with Gasteiger partial charge < -0.3 is 0 Å². The Hall–Kier alpha value is -0.270. The van der Waals surface area contributed by atoms with Crippen LogP contribution in [0.4, 0.5) is 0 Å². The third kappa shape index (κ3) is 3.90. The van der Waals surface area contributed by atoms with Crippen LogP contribution in [0.15, 0.2) is 23.2 Å². The highest BCUT2D eigenvalue weighted by Crippen LogP contribution is 1.84. The van der Waals surface area contributed by atoms with Gasteiger partial charge in [-0.05, 0) is 12.2 Å². The number of hydrogen-bond donors (Lipinski definition) is 0. The third-order valence-electron chi connectivity index (χ3n) is 0.455. The van der Waals surface area contributed by atoms with Gasteiger partial charge in [-0.3, -0.25) is 4.79 Å². The molecule has 0 aliphatic rings. The maximum absolute atomic E-state index is 10.3. The first-order valence-corrected chi connectivity index (χ1v) is 2.76. The summed E-state index contributed by atoms with van der Waals surface area (Å²) in [5.41, 5.74) is 2.28. The van der Waals surface area contributed by atoms with Crippen molar-refractivity contribution in [1.82, 2.24) is 0 Å². The van der Waals surface area contributed by atoms with Crippen molar-refractivity contribution in [3.63, 3.8) is 0 Å². The fourth-order valence-corrected chi connectivity index (χ4v) is 0.428. The molecular weight excluding hydrogens is 147 g/mol. The van der Waals surface area contributed by atoms with Crippen molar-refractivity contribution in [3.8, 4) is 0 Å². The highest BCUT2D eigenvalue weighted by atomic mass is 35.5. The Morgan fingerprint density at radius 3 is 1.75 bits per heavy atom. The molecule has 0 saturated carbocycles. The Balaban J connectivity index is 3.66. The topological polar surface area (TPSA) is 17.1 Å². The van der Waals surface area contributed by atoms with Crippen LogP contribution in [0, 0.1) is 0 Å². The Kier molecular flexibility index (Phi) is 4.71. The van der Waals surface area contributed by atoms with E-state index in [2.05, 4.69) is 0 Å². The van der Waals surface area contributed by atoms with Crippen molar-refractivity contribution < 1.29 is 4.79 Å². The fourth-order valence-electron chi connectivity index (χ4n) is 0.180. The first kappa shape index (κ1) is 7.73. The third-order valence-corrected chi connectivity index (χ3v) is 0.706. The molecule has 1 nitrogen and oxygen atoms in total. The minimum atomic E-state index is -0.213. The first-order chi connectivity index (χ1) is 3.81. The Labute approximate surface area is 57.6 Å². The van der Waals surface area contributed by atoms with Gasteiger partial charge in [0.15, 0.2) is 5.78 Å². The van der Waals surface area contributed by atoms with Gasteiger partial charge >= 0.3 is 0 Å². The molecule has 0 atom stereocenters. The largest absolute Gasteiger partial charge is 0.290 e. The van der Waals surface area contributed by atoms with Crippen LogP contribution in [-0.2, 0) is 4.79 Å². The van der Waals surface area contributed by atoms with E-state index in [-0.39, 0.29) is 5.78 Å². The van der Waals surface area contributed by atoms with Crippen LogP contribution < -0.4 is 0 Å². The summed E-state index contributed by atoms with van der Waals surface area (Å²) in [6, 6.07) is 0. The molecule has 0 bridgehead atoms. The second kappa shape index (κ2) is 4.88. The lowest BCUT2D eigenvalue weighted by atomic mass is 10.4. The molecular formula is C5H4Cl2O. The zero-order chi connectivity index (χ0) is 6.41.